The van der Waals surface area contributed by atoms with Gasteiger partial charge in [0.25, 0.3) is 5.91 Å². The van der Waals surface area contributed by atoms with Gasteiger partial charge in [0.1, 0.15) is 5.75 Å². The molecule has 1 aliphatic rings. The lowest BCUT2D eigenvalue weighted by Gasteiger charge is -2.20. The van der Waals surface area contributed by atoms with Crippen LogP contribution in [0.25, 0.3) is 0 Å². The molecule has 0 aromatic heterocycles. The fourth-order valence-corrected chi connectivity index (χ4v) is 3.95. The summed E-state index contributed by atoms with van der Waals surface area (Å²) in [6, 6.07) is 26.0. The van der Waals surface area contributed by atoms with Gasteiger partial charge in [-0.05, 0) is 41.3 Å². The van der Waals surface area contributed by atoms with Crippen molar-refractivity contribution in [2.45, 2.75) is 10.8 Å². The van der Waals surface area contributed by atoms with E-state index in [1.54, 1.807) is 7.11 Å². The molecular weight excluding hydrogens is 382 g/mol. The molecular formula is C23H21N3O2S. The molecule has 0 radical (unpaired) electrons. The number of benzene rings is 3. The molecule has 146 valence electrons. The van der Waals surface area contributed by atoms with Gasteiger partial charge in [-0.2, -0.15) is 0 Å². The molecule has 4 rings (SSSR count). The van der Waals surface area contributed by atoms with Crippen LogP contribution in [0, 0.1) is 0 Å². The summed E-state index contributed by atoms with van der Waals surface area (Å²) in [5, 5.41) is 3.03. The Balaban J connectivity index is 1.50. The molecule has 0 saturated carbocycles. The van der Waals surface area contributed by atoms with E-state index in [4.69, 9.17) is 4.74 Å². The number of hydrogen-bond acceptors (Lipinski definition) is 5. The SMILES string of the molecule is COc1ccc2c(c1)SNC(C(=O)NCC(c1ccccc1)c1ccccc1)=N2. The van der Waals surface area contributed by atoms with Crippen LogP contribution in [-0.4, -0.2) is 25.4 Å². The molecule has 5 nitrogen and oxygen atoms in total. The summed E-state index contributed by atoms with van der Waals surface area (Å²) in [6.07, 6.45) is 0. The van der Waals surface area contributed by atoms with Crippen LogP contribution in [0.1, 0.15) is 17.0 Å². The molecule has 6 heteroatoms. The quantitative estimate of drug-likeness (QED) is 0.603. The lowest BCUT2D eigenvalue weighted by Crippen LogP contribution is -2.40. The molecule has 0 spiro atoms. The molecule has 2 N–H and O–H groups in total. The maximum absolute atomic E-state index is 12.8. The molecule has 0 unspecified atom stereocenters. The summed E-state index contributed by atoms with van der Waals surface area (Å²) >= 11 is 1.36. The van der Waals surface area contributed by atoms with Gasteiger partial charge in [-0.25, -0.2) is 4.99 Å². The second kappa shape index (κ2) is 8.84. The van der Waals surface area contributed by atoms with Crippen molar-refractivity contribution in [3.05, 3.63) is 90.0 Å². The average molecular weight is 404 g/mol. The second-order valence-corrected chi connectivity index (χ2v) is 7.43. The number of hydrogen-bond donors (Lipinski definition) is 2. The molecule has 3 aromatic carbocycles. The minimum atomic E-state index is -0.226. The Morgan fingerprint density at radius 1 is 1.03 bits per heavy atom. The van der Waals surface area contributed by atoms with Crippen molar-refractivity contribution in [2.75, 3.05) is 13.7 Å². The number of aliphatic imine (C=N–C) groups is 1. The van der Waals surface area contributed by atoms with E-state index in [-0.39, 0.29) is 11.8 Å². The van der Waals surface area contributed by atoms with Crippen LogP contribution in [-0.2, 0) is 4.79 Å². The Kier molecular flexibility index (Phi) is 5.81. The van der Waals surface area contributed by atoms with Crippen LogP contribution >= 0.6 is 11.9 Å². The summed E-state index contributed by atoms with van der Waals surface area (Å²) in [5.41, 5.74) is 3.07. The summed E-state index contributed by atoms with van der Waals surface area (Å²) in [4.78, 5) is 18.1. The van der Waals surface area contributed by atoms with E-state index >= 15 is 0 Å². The van der Waals surface area contributed by atoms with Crippen LogP contribution in [0.5, 0.6) is 5.75 Å². The number of amidine groups is 1. The van der Waals surface area contributed by atoms with E-state index < -0.39 is 0 Å². The minimum absolute atomic E-state index is 0.0646. The average Bonchev–Trinajstić information content (AvgIpc) is 2.79. The number of fused-ring (bicyclic) bond motifs is 1. The summed E-state index contributed by atoms with van der Waals surface area (Å²) < 4.78 is 8.26. The third-order valence-electron chi connectivity index (χ3n) is 4.74. The standard InChI is InChI=1S/C23H21N3O2S/c1-28-18-12-13-20-21(14-18)29-26-22(25-20)23(27)24-15-19(16-8-4-2-5-9-16)17-10-6-3-7-11-17/h2-14,19H,15H2,1H3,(H,24,27)(H,25,26). The largest absolute Gasteiger partial charge is 0.497 e. The molecule has 3 aromatic rings. The first-order chi connectivity index (χ1) is 14.2. The Morgan fingerprint density at radius 3 is 2.31 bits per heavy atom. The number of carbonyl (C=O) groups is 1. The first-order valence-electron chi connectivity index (χ1n) is 9.32. The van der Waals surface area contributed by atoms with Crippen LogP contribution in [0.2, 0.25) is 0 Å². The molecule has 0 saturated heterocycles. The number of nitrogens with one attached hydrogen (secondary N) is 2. The first kappa shape index (κ1) is 19.1. The Bertz CT molecular complexity index is 983. The minimum Gasteiger partial charge on any atom is -0.497 e. The van der Waals surface area contributed by atoms with E-state index in [0.29, 0.717) is 12.4 Å². The molecule has 1 amide bonds. The van der Waals surface area contributed by atoms with E-state index in [0.717, 1.165) is 27.5 Å². The predicted octanol–water partition coefficient (Wildman–Crippen LogP) is 4.28. The van der Waals surface area contributed by atoms with Crippen LogP contribution < -0.4 is 14.8 Å². The van der Waals surface area contributed by atoms with Crippen molar-refractivity contribution < 1.29 is 9.53 Å². The zero-order valence-electron chi connectivity index (χ0n) is 16.0. The number of methoxy groups -OCH3 is 1. The molecule has 0 bridgehead atoms. The van der Waals surface area contributed by atoms with Gasteiger partial charge in [0.2, 0.25) is 5.84 Å². The highest BCUT2D eigenvalue weighted by atomic mass is 32.2. The van der Waals surface area contributed by atoms with Gasteiger partial charge >= 0.3 is 0 Å². The predicted molar refractivity (Wildman–Crippen MR) is 117 cm³/mol. The third kappa shape index (κ3) is 4.43. The lowest BCUT2D eigenvalue weighted by atomic mass is 9.91. The van der Waals surface area contributed by atoms with Crippen molar-refractivity contribution in [3.63, 3.8) is 0 Å². The van der Waals surface area contributed by atoms with Gasteiger partial charge in [-0.15, -0.1) is 0 Å². The van der Waals surface area contributed by atoms with Crippen molar-refractivity contribution in [3.8, 4) is 5.75 Å². The van der Waals surface area contributed by atoms with Crippen LogP contribution in [0.3, 0.4) is 0 Å². The Labute approximate surface area is 174 Å². The summed E-state index contributed by atoms with van der Waals surface area (Å²) in [7, 11) is 1.63. The number of ether oxygens (including phenoxy) is 1. The molecule has 0 aliphatic carbocycles. The van der Waals surface area contributed by atoms with Gasteiger partial charge in [0.15, 0.2) is 0 Å². The highest BCUT2D eigenvalue weighted by molar-refractivity contribution is 7.98. The molecule has 0 atom stereocenters. The second-order valence-electron chi connectivity index (χ2n) is 6.58. The molecule has 1 aliphatic heterocycles. The third-order valence-corrected chi connectivity index (χ3v) is 5.58. The van der Waals surface area contributed by atoms with Crippen molar-refractivity contribution in [2.24, 2.45) is 4.99 Å². The van der Waals surface area contributed by atoms with Crippen molar-refractivity contribution in [1.29, 1.82) is 0 Å². The maximum atomic E-state index is 12.8. The van der Waals surface area contributed by atoms with Gasteiger partial charge in [0.05, 0.1) is 17.7 Å². The van der Waals surface area contributed by atoms with E-state index in [1.165, 1.54) is 11.9 Å². The lowest BCUT2D eigenvalue weighted by molar-refractivity contribution is -0.114. The molecule has 0 fully saturated rings. The van der Waals surface area contributed by atoms with Gasteiger partial charge in [0, 0.05) is 12.5 Å². The Morgan fingerprint density at radius 2 is 1.69 bits per heavy atom. The summed E-state index contributed by atoms with van der Waals surface area (Å²) in [5.74, 6) is 0.896. The van der Waals surface area contributed by atoms with E-state index in [1.807, 2.05) is 54.6 Å². The number of amides is 1. The molecule has 29 heavy (non-hydrogen) atoms. The van der Waals surface area contributed by atoms with Gasteiger partial charge < -0.3 is 14.8 Å². The Hall–Kier alpha value is -3.25. The van der Waals surface area contributed by atoms with E-state index in [9.17, 15) is 4.79 Å². The topological polar surface area (TPSA) is 62.7 Å². The molecule has 1 heterocycles. The summed E-state index contributed by atoms with van der Waals surface area (Å²) in [6.45, 7) is 0.480. The van der Waals surface area contributed by atoms with E-state index in [2.05, 4.69) is 39.3 Å². The first-order valence-corrected chi connectivity index (χ1v) is 10.1. The fraction of sp³-hybridized carbons (Fsp3) is 0.130. The van der Waals surface area contributed by atoms with Gasteiger partial charge in [-0.3, -0.25) is 4.79 Å². The van der Waals surface area contributed by atoms with Crippen molar-refractivity contribution >= 4 is 29.4 Å². The zero-order chi connectivity index (χ0) is 20.1. The highest BCUT2D eigenvalue weighted by Gasteiger charge is 2.21. The highest BCUT2D eigenvalue weighted by Crippen LogP contribution is 2.34. The van der Waals surface area contributed by atoms with Crippen LogP contribution in [0.15, 0.2) is 88.8 Å². The zero-order valence-corrected chi connectivity index (χ0v) is 16.8. The monoisotopic (exact) mass is 403 g/mol. The number of rotatable bonds is 6. The van der Waals surface area contributed by atoms with Crippen LogP contribution in [0.4, 0.5) is 5.69 Å². The fourth-order valence-electron chi connectivity index (χ4n) is 3.22. The number of nitrogens with zero attached hydrogens (tertiary/aromatic N) is 1. The number of carbonyl (C=O) groups excluding carboxylic acids is 1. The van der Waals surface area contributed by atoms with Gasteiger partial charge in [-0.1, -0.05) is 60.7 Å². The normalized spacial score (nSPS) is 12.6. The maximum Gasteiger partial charge on any atom is 0.287 e. The van der Waals surface area contributed by atoms with Crippen molar-refractivity contribution in [1.82, 2.24) is 10.0 Å². The smallest absolute Gasteiger partial charge is 0.287 e.